The van der Waals surface area contributed by atoms with Gasteiger partial charge in [-0.3, -0.25) is 0 Å². The fourth-order valence-electron chi connectivity index (χ4n) is 1.69. The zero-order valence-corrected chi connectivity index (χ0v) is 10.0. The van der Waals surface area contributed by atoms with Crippen molar-refractivity contribution >= 4 is 29.3 Å². The normalized spacial score (nSPS) is 20.0. The van der Waals surface area contributed by atoms with E-state index in [9.17, 15) is 4.79 Å². The topological polar surface area (TPSA) is 29.5 Å². The van der Waals surface area contributed by atoms with Crippen LogP contribution in [0.2, 0.25) is 5.02 Å². The Morgan fingerprint density at radius 1 is 1.44 bits per heavy atom. The maximum Gasteiger partial charge on any atom is 0.410 e. The summed E-state index contributed by atoms with van der Waals surface area (Å²) in [4.78, 5) is 13.0. The number of carbonyl (C=O) groups is 1. The largest absolute Gasteiger partial charge is 0.439 e. The summed E-state index contributed by atoms with van der Waals surface area (Å²) in [6.45, 7) is 1.01. The molecule has 86 valence electrons. The van der Waals surface area contributed by atoms with Gasteiger partial charge in [-0.25, -0.2) is 4.79 Å². The van der Waals surface area contributed by atoms with Crippen molar-refractivity contribution in [2.75, 3.05) is 19.0 Å². The number of rotatable bonds is 3. The first-order chi connectivity index (χ1) is 7.72. The van der Waals surface area contributed by atoms with Gasteiger partial charge in [0, 0.05) is 23.0 Å². The molecule has 0 bridgehead atoms. The zero-order valence-electron chi connectivity index (χ0n) is 8.53. The van der Waals surface area contributed by atoms with Crippen molar-refractivity contribution < 1.29 is 9.53 Å². The smallest absolute Gasteiger partial charge is 0.410 e. The predicted octanol–water partition coefficient (Wildman–Crippen LogP) is 3.07. The van der Waals surface area contributed by atoms with Crippen LogP contribution in [0, 0.1) is 0 Å². The van der Waals surface area contributed by atoms with E-state index in [1.165, 1.54) is 0 Å². The van der Waals surface area contributed by atoms with Crippen molar-refractivity contribution in [2.24, 2.45) is 0 Å². The van der Waals surface area contributed by atoms with Crippen LogP contribution < -0.4 is 0 Å². The fourth-order valence-corrected chi connectivity index (χ4v) is 2.15. The van der Waals surface area contributed by atoms with Gasteiger partial charge in [-0.2, -0.15) is 0 Å². The lowest BCUT2D eigenvalue weighted by Gasteiger charge is -2.11. The Morgan fingerprint density at radius 3 is 2.88 bits per heavy atom. The molecule has 1 fully saturated rings. The summed E-state index contributed by atoms with van der Waals surface area (Å²) in [6, 6.07) is 7.37. The van der Waals surface area contributed by atoms with Gasteiger partial charge in [0.05, 0.1) is 6.54 Å². The molecule has 0 N–H and O–H groups in total. The molecule has 1 aliphatic rings. The van der Waals surface area contributed by atoms with E-state index in [1.807, 2.05) is 18.2 Å². The van der Waals surface area contributed by atoms with Crippen molar-refractivity contribution in [3.63, 3.8) is 0 Å². The number of nitrogens with zero attached hydrogens (tertiary/aromatic N) is 1. The quantitative estimate of drug-likeness (QED) is 0.781. The van der Waals surface area contributed by atoms with E-state index >= 15 is 0 Å². The summed E-state index contributed by atoms with van der Waals surface area (Å²) in [5, 5.41) is 0.619. The number of cyclic esters (lactones) is 1. The Labute approximate surface area is 104 Å². The first-order valence-electron chi connectivity index (χ1n) is 4.98. The Balaban J connectivity index is 2.14. The molecule has 1 saturated heterocycles. The lowest BCUT2D eigenvalue weighted by atomic mass is 10.1. The number of alkyl halides is 1. The summed E-state index contributed by atoms with van der Waals surface area (Å²) in [7, 11) is 0. The molecular weight excluding hydrogens is 249 g/mol. The Morgan fingerprint density at radius 2 is 2.19 bits per heavy atom. The average molecular weight is 260 g/mol. The van der Waals surface area contributed by atoms with Crippen LogP contribution in [0.3, 0.4) is 0 Å². The van der Waals surface area contributed by atoms with Crippen LogP contribution >= 0.6 is 23.2 Å². The van der Waals surface area contributed by atoms with Gasteiger partial charge in [-0.05, 0) is 6.07 Å². The van der Waals surface area contributed by atoms with Gasteiger partial charge in [-0.15, -0.1) is 11.6 Å². The van der Waals surface area contributed by atoms with Crippen molar-refractivity contribution in [3.05, 3.63) is 34.9 Å². The average Bonchev–Trinajstić information content (AvgIpc) is 2.61. The molecule has 3 nitrogen and oxygen atoms in total. The van der Waals surface area contributed by atoms with E-state index < -0.39 is 0 Å². The Hall–Kier alpha value is -0.930. The lowest BCUT2D eigenvalue weighted by Crippen LogP contribution is -2.26. The van der Waals surface area contributed by atoms with E-state index in [0.717, 1.165) is 5.56 Å². The molecule has 0 spiro atoms. The summed E-state index contributed by atoms with van der Waals surface area (Å²) < 4.78 is 5.24. The van der Waals surface area contributed by atoms with Crippen molar-refractivity contribution in [1.29, 1.82) is 0 Å². The van der Waals surface area contributed by atoms with Crippen LogP contribution in [0.4, 0.5) is 4.79 Å². The molecule has 0 aliphatic carbocycles. The Kier molecular flexibility index (Phi) is 3.56. The van der Waals surface area contributed by atoms with E-state index in [4.69, 9.17) is 27.9 Å². The number of carbonyl (C=O) groups excluding carboxylic acids is 1. The third kappa shape index (κ3) is 2.25. The SMILES string of the molecule is O=C1OC(c2ccccc2Cl)CN1CCCl. The molecule has 2 rings (SSSR count). The van der Waals surface area contributed by atoms with Gasteiger partial charge in [0.15, 0.2) is 0 Å². The Bertz CT molecular complexity index is 397. The van der Waals surface area contributed by atoms with Crippen LogP contribution in [0.15, 0.2) is 24.3 Å². The zero-order chi connectivity index (χ0) is 11.5. The van der Waals surface area contributed by atoms with E-state index in [-0.39, 0.29) is 12.2 Å². The molecule has 1 aliphatic heterocycles. The standard InChI is InChI=1S/C11H11Cl2NO2/c12-5-6-14-7-10(16-11(14)15)8-3-1-2-4-9(8)13/h1-4,10H,5-7H2. The second-order valence-electron chi connectivity index (χ2n) is 3.53. The third-order valence-electron chi connectivity index (χ3n) is 2.49. The van der Waals surface area contributed by atoms with Crippen LogP contribution in [0.25, 0.3) is 0 Å². The molecule has 5 heteroatoms. The van der Waals surface area contributed by atoms with Gasteiger partial charge in [0.2, 0.25) is 0 Å². The van der Waals surface area contributed by atoms with Crippen LogP contribution in [0.1, 0.15) is 11.7 Å². The molecule has 1 amide bonds. The predicted molar refractivity (Wildman–Crippen MR) is 63.0 cm³/mol. The summed E-state index contributed by atoms with van der Waals surface area (Å²) in [5.74, 6) is 0.407. The van der Waals surface area contributed by atoms with Crippen LogP contribution in [-0.4, -0.2) is 30.0 Å². The minimum atomic E-state index is -0.328. The van der Waals surface area contributed by atoms with Crippen molar-refractivity contribution in [1.82, 2.24) is 4.90 Å². The van der Waals surface area contributed by atoms with E-state index in [2.05, 4.69) is 0 Å². The second-order valence-corrected chi connectivity index (χ2v) is 4.31. The molecule has 16 heavy (non-hydrogen) atoms. The minimum Gasteiger partial charge on any atom is -0.439 e. The number of hydrogen-bond donors (Lipinski definition) is 0. The number of ether oxygens (including phenoxy) is 1. The molecule has 0 radical (unpaired) electrons. The van der Waals surface area contributed by atoms with Gasteiger partial charge < -0.3 is 9.64 Å². The second kappa shape index (κ2) is 4.93. The minimum absolute atomic E-state index is 0.288. The molecule has 1 aromatic rings. The van der Waals surface area contributed by atoms with Crippen molar-refractivity contribution in [3.8, 4) is 0 Å². The molecule has 1 unspecified atom stereocenters. The first-order valence-corrected chi connectivity index (χ1v) is 5.89. The summed E-state index contributed by atoms with van der Waals surface area (Å²) in [6.07, 6.45) is -0.616. The highest BCUT2D eigenvalue weighted by Gasteiger charge is 2.32. The molecule has 0 saturated carbocycles. The van der Waals surface area contributed by atoms with E-state index in [1.54, 1.807) is 11.0 Å². The highest BCUT2D eigenvalue weighted by Crippen LogP contribution is 2.30. The van der Waals surface area contributed by atoms with Gasteiger partial charge in [0.25, 0.3) is 0 Å². The highest BCUT2D eigenvalue weighted by molar-refractivity contribution is 6.31. The number of halogens is 2. The molecule has 1 atom stereocenters. The number of hydrogen-bond acceptors (Lipinski definition) is 2. The van der Waals surface area contributed by atoms with Crippen LogP contribution in [0.5, 0.6) is 0 Å². The third-order valence-corrected chi connectivity index (χ3v) is 3.01. The lowest BCUT2D eigenvalue weighted by molar-refractivity contribution is 0.133. The monoisotopic (exact) mass is 259 g/mol. The summed E-state index contributed by atoms with van der Waals surface area (Å²) >= 11 is 11.6. The summed E-state index contributed by atoms with van der Waals surface area (Å²) in [5.41, 5.74) is 0.842. The number of amides is 1. The first kappa shape index (κ1) is 11.6. The van der Waals surface area contributed by atoms with Crippen molar-refractivity contribution in [2.45, 2.75) is 6.10 Å². The van der Waals surface area contributed by atoms with Crippen LogP contribution in [-0.2, 0) is 4.74 Å². The maximum atomic E-state index is 11.5. The molecular formula is C11H11Cl2NO2. The van der Waals surface area contributed by atoms with E-state index in [0.29, 0.717) is 24.0 Å². The highest BCUT2D eigenvalue weighted by atomic mass is 35.5. The van der Waals surface area contributed by atoms with Gasteiger partial charge in [-0.1, -0.05) is 29.8 Å². The maximum absolute atomic E-state index is 11.5. The molecule has 1 aromatic carbocycles. The van der Waals surface area contributed by atoms with Gasteiger partial charge in [0.1, 0.15) is 6.10 Å². The fraction of sp³-hybridized carbons (Fsp3) is 0.364. The molecule has 1 heterocycles. The van der Waals surface area contributed by atoms with Gasteiger partial charge >= 0.3 is 6.09 Å². The molecule has 0 aromatic heterocycles. The number of benzene rings is 1.